The summed E-state index contributed by atoms with van der Waals surface area (Å²) in [4.78, 5) is 26.1. The minimum Gasteiger partial charge on any atom is -0.484 e. The molecule has 1 saturated heterocycles. The molecule has 1 amide bonds. The van der Waals surface area contributed by atoms with Crippen LogP contribution in [0.15, 0.2) is 42.5 Å². The van der Waals surface area contributed by atoms with E-state index in [1.54, 1.807) is 24.3 Å². The van der Waals surface area contributed by atoms with Gasteiger partial charge in [-0.05, 0) is 61.7 Å². The number of aryl methyl sites for hydroxylation is 1. The first-order chi connectivity index (χ1) is 13.1. The normalized spacial score (nSPS) is 13.3. The number of benzene rings is 2. The van der Waals surface area contributed by atoms with Gasteiger partial charge in [0.2, 0.25) is 0 Å². The Morgan fingerprint density at radius 1 is 1.11 bits per heavy atom. The van der Waals surface area contributed by atoms with Crippen LogP contribution in [0, 0.1) is 6.92 Å². The van der Waals surface area contributed by atoms with Gasteiger partial charge in [0.1, 0.15) is 5.75 Å². The molecule has 2 aromatic rings. The van der Waals surface area contributed by atoms with Gasteiger partial charge >= 0.3 is 5.97 Å². The molecule has 0 unspecified atom stereocenters. The van der Waals surface area contributed by atoms with Crippen LogP contribution in [0.5, 0.6) is 5.75 Å². The second kappa shape index (κ2) is 8.58. The molecule has 6 nitrogen and oxygen atoms in total. The summed E-state index contributed by atoms with van der Waals surface area (Å²) >= 11 is 0. The van der Waals surface area contributed by atoms with Gasteiger partial charge in [-0.25, -0.2) is 4.79 Å². The van der Waals surface area contributed by atoms with Crippen molar-refractivity contribution in [2.75, 3.05) is 37.0 Å². The maximum atomic E-state index is 12.2. The van der Waals surface area contributed by atoms with E-state index in [-0.39, 0.29) is 12.5 Å². The monoisotopic (exact) mass is 368 g/mol. The number of hydrogen-bond acceptors (Lipinski definition) is 5. The predicted molar refractivity (Wildman–Crippen MR) is 105 cm³/mol. The number of esters is 1. The molecule has 0 atom stereocenters. The number of ether oxygens (including phenoxy) is 2. The number of rotatable bonds is 6. The fourth-order valence-corrected chi connectivity index (χ4v) is 3.13. The fourth-order valence-electron chi connectivity index (χ4n) is 3.13. The van der Waals surface area contributed by atoms with Gasteiger partial charge in [0, 0.05) is 24.5 Å². The third kappa shape index (κ3) is 4.78. The Balaban J connectivity index is 1.57. The topological polar surface area (TPSA) is 67.9 Å². The molecule has 1 aliphatic heterocycles. The second-order valence-electron chi connectivity index (χ2n) is 6.55. The number of anilines is 2. The first-order valence-electron chi connectivity index (χ1n) is 9.03. The Bertz CT molecular complexity index is 829. The van der Waals surface area contributed by atoms with Crippen LogP contribution in [0.25, 0.3) is 0 Å². The van der Waals surface area contributed by atoms with Gasteiger partial charge in [0.15, 0.2) is 6.61 Å². The average molecular weight is 368 g/mol. The molecule has 27 heavy (non-hydrogen) atoms. The molecule has 0 aromatic heterocycles. The maximum absolute atomic E-state index is 12.2. The smallest absolute Gasteiger partial charge is 0.337 e. The largest absolute Gasteiger partial charge is 0.484 e. The summed E-state index contributed by atoms with van der Waals surface area (Å²) in [6.45, 7) is 4.01. The van der Waals surface area contributed by atoms with Crippen LogP contribution in [-0.4, -0.2) is 38.7 Å². The highest BCUT2D eigenvalue weighted by Crippen LogP contribution is 2.25. The molecular formula is C21H24N2O4. The van der Waals surface area contributed by atoms with E-state index in [2.05, 4.69) is 21.0 Å². The van der Waals surface area contributed by atoms with Gasteiger partial charge < -0.3 is 19.7 Å². The van der Waals surface area contributed by atoms with E-state index >= 15 is 0 Å². The van der Waals surface area contributed by atoms with Crippen LogP contribution >= 0.6 is 0 Å². The van der Waals surface area contributed by atoms with Gasteiger partial charge in [-0.1, -0.05) is 6.07 Å². The highest BCUT2D eigenvalue weighted by Gasteiger charge is 2.14. The van der Waals surface area contributed by atoms with Crippen LogP contribution in [0.4, 0.5) is 11.4 Å². The molecular weight excluding hydrogens is 344 g/mol. The van der Waals surface area contributed by atoms with Crippen molar-refractivity contribution in [1.82, 2.24) is 0 Å². The maximum Gasteiger partial charge on any atom is 0.337 e. The number of amides is 1. The number of hydrogen-bond donors (Lipinski definition) is 1. The Morgan fingerprint density at radius 3 is 2.59 bits per heavy atom. The summed E-state index contributed by atoms with van der Waals surface area (Å²) in [5.74, 6) is -0.261. The first kappa shape index (κ1) is 18.8. The van der Waals surface area contributed by atoms with Gasteiger partial charge in [-0.3, -0.25) is 4.79 Å². The number of carbonyl (C=O) groups is 2. The lowest BCUT2D eigenvalue weighted by Gasteiger charge is -2.19. The quantitative estimate of drug-likeness (QED) is 0.792. The van der Waals surface area contributed by atoms with Crippen LogP contribution < -0.4 is 15.0 Å². The lowest BCUT2D eigenvalue weighted by atomic mass is 10.1. The standard InChI is InChI=1S/C21H24N2O4/c1-15-12-17(23-10-3-4-11-23)8-9-19(15)22-20(24)14-27-18-7-5-6-16(13-18)21(25)26-2/h5-9,12-13H,3-4,10-11,14H2,1-2H3,(H,22,24). The van der Waals surface area contributed by atoms with Crippen molar-refractivity contribution in [2.45, 2.75) is 19.8 Å². The zero-order valence-electron chi connectivity index (χ0n) is 15.7. The molecule has 1 fully saturated rings. The molecule has 1 aliphatic rings. The number of nitrogens with one attached hydrogen (secondary N) is 1. The summed E-state index contributed by atoms with van der Waals surface area (Å²) < 4.78 is 10.2. The molecule has 0 aliphatic carbocycles. The molecule has 1 N–H and O–H groups in total. The second-order valence-corrected chi connectivity index (χ2v) is 6.55. The van der Waals surface area contributed by atoms with Gasteiger partial charge in [-0.2, -0.15) is 0 Å². The van der Waals surface area contributed by atoms with E-state index < -0.39 is 5.97 Å². The highest BCUT2D eigenvalue weighted by atomic mass is 16.5. The van der Waals surface area contributed by atoms with Gasteiger partial charge in [0.05, 0.1) is 12.7 Å². The lowest BCUT2D eigenvalue weighted by Crippen LogP contribution is -2.21. The molecule has 142 valence electrons. The van der Waals surface area contributed by atoms with Crippen molar-refractivity contribution in [3.8, 4) is 5.75 Å². The Kier molecular flexibility index (Phi) is 5.96. The van der Waals surface area contributed by atoms with Crippen molar-refractivity contribution < 1.29 is 19.1 Å². The van der Waals surface area contributed by atoms with E-state index in [9.17, 15) is 9.59 Å². The van der Waals surface area contributed by atoms with Crippen molar-refractivity contribution >= 4 is 23.3 Å². The lowest BCUT2D eigenvalue weighted by molar-refractivity contribution is -0.118. The van der Waals surface area contributed by atoms with Crippen molar-refractivity contribution in [2.24, 2.45) is 0 Å². The van der Waals surface area contributed by atoms with E-state index in [1.165, 1.54) is 25.6 Å². The third-order valence-electron chi connectivity index (χ3n) is 4.58. The fraction of sp³-hybridized carbons (Fsp3) is 0.333. The molecule has 2 aromatic carbocycles. The summed E-state index contributed by atoms with van der Waals surface area (Å²) in [5.41, 5.74) is 3.36. The first-order valence-corrected chi connectivity index (χ1v) is 9.03. The van der Waals surface area contributed by atoms with Crippen molar-refractivity contribution in [3.63, 3.8) is 0 Å². The summed E-state index contributed by atoms with van der Waals surface area (Å²) in [5, 5.41) is 2.87. The Labute approximate surface area is 159 Å². The number of methoxy groups -OCH3 is 1. The summed E-state index contributed by atoms with van der Waals surface area (Å²) in [6, 6.07) is 12.6. The molecule has 1 heterocycles. The van der Waals surface area contributed by atoms with Crippen molar-refractivity contribution in [1.29, 1.82) is 0 Å². The third-order valence-corrected chi connectivity index (χ3v) is 4.58. The average Bonchev–Trinajstić information content (AvgIpc) is 3.22. The molecule has 0 bridgehead atoms. The zero-order chi connectivity index (χ0) is 19.2. The van der Waals surface area contributed by atoms with E-state index in [4.69, 9.17) is 4.74 Å². The predicted octanol–water partition coefficient (Wildman–Crippen LogP) is 3.40. The Morgan fingerprint density at radius 2 is 1.89 bits per heavy atom. The van der Waals surface area contributed by atoms with Crippen LogP contribution in [-0.2, 0) is 9.53 Å². The van der Waals surface area contributed by atoms with Crippen LogP contribution in [0.2, 0.25) is 0 Å². The minimum atomic E-state index is -0.446. The van der Waals surface area contributed by atoms with Gasteiger partial charge in [-0.15, -0.1) is 0 Å². The van der Waals surface area contributed by atoms with E-state index in [0.717, 1.165) is 24.3 Å². The molecule has 0 saturated carbocycles. The van der Waals surface area contributed by atoms with E-state index in [1.807, 2.05) is 19.1 Å². The molecule has 0 radical (unpaired) electrons. The number of carbonyl (C=O) groups excluding carboxylic acids is 2. The Hall–Kier alpha value is -3.02. The van der Waals surface area contributed by atoms with Crippen molar-refractivity contribution in [3.05, 3.63) is 53.6 Å². The molecule has 6 heteroatoms. The van der Waals surface area contributed by atoms with Gasteiger partial charge in [0.25, 0.3) is 5.91 Å². The summed E-state index contributed by atoms with van der Waals surface area (Å²) in [6.07, 6.45) is 2.46. The zero-order valence-corrected chi connectivity index (χ0v) is 15.7. The van der Waals surface area contributed by atoms with Crippen LogP contribution in [0.1, 0.15) is 28.8 Å². The molecule has 3 rings (SSSR count). The van der Waals surface area contributed by atoms with Crippen LogP contribution in [0.3, 0.4) is 0 Å². The molecule has 0 spiro atoms. The highest BCUT2D eigenvalue weighted by molar-refractivity contribution is 5.93. The number of nitrogens with zero attached hydrogens (tertiary/aromatic N) is 1. The minimum absolute atomic E-state index is 0.141. The van der Waals surface area contributed by atoms with E-state index in [0.29, 0.717) is 11.3 Å². The summed E-state index contributed by atoms with van der Waals surface area (Å²) in [7, 11) is 1.32. The SMILES string of the molecule is COC(=O)c1cccc(OCC(=O)Nc2ccc(N3CCCC3)cc2C)c1.